The molecule has 3 rings (SSSR count). The van der Waals surface area contributed by atoms with Crippen molar-refractivity contribution in [1.82, 2.24) is 0 Å². The van der Waals surface area contributed by atoms with Gasteiger partial charge in [0.05, 0.1) is 71.7 Å². The van der Waals surface area contributed by atoms with Gasteiger partial charge in [0.1, 0.15) is 0 Å². The summed E-state index contributed by atoms with van der Waals surface area (Å²) in [4.78, 5) is 10.3. The van der Waals surface area contributed by atoms with Gasteiger partial charge in [-0.05, 0) is 49.4 Å². The van der Waals surface area contributed by atoms with Crippen molar-refractivity contribution in [3.05, 3.63) is 76.8 Å². The Labute approximate surface area is 398 Å². The average Bonchev–Trinajstić information content (AvgIpc) is 3.26. The van der Waals surface area contributed by atoms with E-state index in [0.717, 1.165) is 8.97 Å². The lowest BCUT2D eigenvalue weighted by molar-refractivity contribution is -0.870. The van der Waals surface area contributed by atoms with Crippen LogP contribution in [0.3, 0.4) is 0 Å². The first kappa shape index (κ1) is 59.2. The maximum absolute atomic E-state index is 12.2. The van der Waals surface area contributed by atoms with E-state index in [9.17, 15) is 20.3 Å². The summed E-state index contributed by atoms with van der Waals surface area (Å²) in [7, 11) is 13.8. The lowest BCUT2D eigenvalue weighted by atomic mass is 10.0. The number of benzene rings is 3. The van der Waals surface area contributed by atoms with Crippen LogP contribution >= 0.6 is 0 Å². The quantitative estimate of drug-likeness (QED) is 0.0195. The van der Waals surface area contributed by atoms with Crippen LogP contribution in [0.1, 0.15) is 194 Å². The summed E-state index contributed by atoms with van der Waals surface area (Å²) in [5.74, 6) is -0.658. The zero-order chi connectivity index (χ0) is 48.0. The molecule has 9 heteroatoms. The number of quaternary nitrogens is 2. The topological polar surface area (TPSA) is 114 Å². The first-order valence-electron chi connectivity index (χ1n) is 26.0. The van der Waals surface area contributed by atoms with Crippen LogP contribution in [0.4, 0.5) is 17.1 Å². The molecular weight excluding hydrogens is 807 g/mol. The van der Waals surface area contributed by atoms with Crippen LogP contribution in [-0.2, 0) is 0 Å². The Hall–Kier alpha value is -3.82. The van der Waals surface area contributed by atoms with E-state index >= 15 is 0 Å². The third-order valence-electron chi connectivity index (χ3n) is 11.9. The fourth-order valence-corrected chi connectivity index (χ4v) is 7.83. The molecule has 0 N–H and O–H groups in total. The molecule has 0 saturated heterocycles. The van der Waals surface area contributed by atoms with E-state index in [-0.39, 0.29) is 28.6 Å². The molecule has 0 aromatic heterocycles. The van der Waals surface area contributed by atoms with Gasteiger partial charge < -0.3 is 19.2 Å². The third-order valence-corrected chi connectivity index (χ3v) is 11.9. The molecule has 0 atom stereocenters. The molecule has 0 aliphatic rings. The third kappa shape index (κ3) is 33.3. The minimum Gasteiger partial charge on any atom is -0.871 e. The highest BCUT2D eigenvalue weighted by atomic mass is 16.6. The zero-order valence-electron chi connectivity index (χ0n) is 42.9. The Kier molecular flexibility index (Phi) is 34.0. The molecule has 0 heterocycles. The van der Waals surface area contributed by atoms with Crippen molar-refractivity contribution in [2.24, 2.45) is 10.2 Å². The maximum atomic E-state index is 12.2. The number of hydrogen-bond acceptors (Lipinski definition) is 6. The summed E-state index contributed by atoms with van der Waals surface area (Å²) in [6, 6.07) is 16.4. The minimum absolute atomic E-state index is 0.0505. The van der Waals surface area contributed by atoms with Gasteiger partial charge in [-0.25, -0.2) is 0 Å². The molecule has 0 fully saturated rings. The van der Waals surface area contributed by atoms with Crippen molar-refractivity contribution in [2.45, 2.75) is 194 Å². The standard InChI is InChI=1S/2C19H42N.C18H13N3O4/c2*1-5-6-7-8-9-10-11-12-13-14-15-16-17-18-19-20(2,3)4;22-16-6-2-1-5-15(16)19-20-18-14(4-3-7-17(18)23)12-8-10-13(11-9-12)21(24)25/h2*5-19H2,1-4H3;1-11,22-23H/q2*+1;/p-2. The molecule has 368 valence electrons. The summed E-state index contributed by atoms with van der Waals surface area (Å²) in [6.07, 6.45) is 40.7. The molecule has 0 unspecified atom stereocenters. The van der Waals surface area contributed by atoms with Gasteiger partial charge in [-0.15, -0.1) is 0 Å². The molecule has 0 saturated carbocycles. The summed E-state index contributed by atoms with van der Waals surface area (Å²) in [5, 5.41) is 42.4. The molecule has 0 aliphatic carbocycles. The predicted octanol–water partition coefficient (Wildman–Crippen LogP) is 16.2. The molecular formula is C56H95N5O4. The molecule has 3 aromatic rings. The summed E-state index contributed by atoms with van der Waals surface area (Å²) in [5.41, 5.74) is 1.22. The lowest BCUT2D eigenvalue weighted by Crippen LogP contribution is -2.35. The second-order valence-corrected chi connectivity index (χ2v) is 20.3. The number of nitrogens with zero attached hydrogens (tertiary/aromatic N) is 5. The molecule has 3 aromatic carbocycles. The normalized spacial score (nSPS) is 11.6. The second kappa shape index (κ2) is 37.3. The van der Waals surface area contributed by atoms with E-state index in [4.69, 9.17) is 0 Å². The Morgan fingerprint density at radius 2 is 0.785 bits per heavy atom. The van der Waals surface area contributed by atoms with Crippen LogP contribution in [-0.4, -0.2) is 69.3 Å². The monoisotopic (exact) mass is 902 g/mol. The average molecular weight is 902 g/mol. The lowest BCUT2D eigenvalue weighted by Gasteiger charge is -2.23. The van der Waals surface area contributed by atoms with Crippen LogP contribution in [0.5, 0.6) is 11.5 Å². The second-order valence-electron chi connectivity index (χ2n) is 20.3. The number of hydrogen-bond donors (Lipinski definition) is 0. The van der Waals surface area contributed by atoms with Gasteiger partial charge in [0, 0.05) is 17.7 Å². The highest BCUT2D eigenvalue weighted by molar-refractivity contribution is 5.79. The molecule has 9 nitrogen and oxygen atoms in total. The number of nitro groups is 1. The Morgan fingerprint density at radius 1 is 0.431 bits per heavy atom. The number of azo groups is 1. The molecule has 0 bridgehead atoms. The summed E-state index contributed by atoms with van der Waals surface area (Å²) >= 11 is 0. The number of para-hydroxylation sites is 1. The maximum Gasteiger partial charge on any atom is 0.269 e. The number of rotatable bonds is 34. The van der Waals surface area contributed by atoms with Crippen molar-refractivity contribution >= 4 is 17.1 Å². The van der Waals surface area contributed by atoms with E-state index in [1.165, 1.54) is 235 Å². The van der Waals surface area contributed by atoms with Gasteiger partial charge in [-0.1, -0.05) is 216 Å². The SMILES string of the molecule is CCCCCCCCCCCCCCCC[N+](C)(C)C.CCCCCCCCCCCCCCCC[N+](C)(C)C.O=[N+]([O-])c1ccc(-c2cccc([O-])c2N=Nc2ccccc2[O-])cc1. The van der Waals surface area contributed by atoms with E-state index in [1.54, 1.807) is 24.3 Å². The first-order valence-corrected chi connectivity index (χ1v) is 26.0. The van der Waals surface area contributed by atoms with Crippen molar-refractivity contribution in [3.8, 4) is 22.6 Å². The van der Waals surface area contributed by atoms with Crippen LogP contribution in [0.15, 0.2) is 77.0 Å². The Balaban J connectivity index is 0.000000494. The zero-order valence-corrected chi connectivity index (χ0v) is 42.9. The van der Waals surface area contributed by atoms with Crippen molar-refractivity contribution < 1.29 is 24.1 Å². The van der Waals surface area contributed by atoms with Gasteiger partial charge in [0.25, 0.3) is 5.69 Å². The molecule has 0 spiro atoms. The highest BCUT2D eigenvalue weighted by Gasteiger charge is 2.10. The van der Waals surface area contributed by atoms with E-state index in [0.29, 0.717) is 11.1 Å². The Bertz CT molecular complexity index is 1590. The predicted molar refractivity (Wildman–Crippen MR) is 274 cm³/mol. The van der Waals surface area contributed by atoms with Crippen LogP contribution in [0.2, 0.25) is 0 Å². The first-order chi connectivity index (χ1) is 31.2. The van der Waals surface area contributed by atoms with E-state index in [2.05, 4.69) is 66.4 Å². The fourth-order valence-electron chi connectivity index (χ4n) is 7.83. The van der Waals surface area contributed by atoms with Crippen LogP contribution < -0.4 is 10.2 Å². The van der Waals surface area contributed by atoms with Crippen LogP contribution in [0.25, 0.3) is 11.1 Å². The fraction of sp³-hybridized carbons (Fsp3) is 0.679. The molecule has 0 aliphatic heterocycles. The largest absolute Gasteiger partial charge is 0.871 e. The minimum atomic E-state index is -0.500. The molecule has 0 amide bonds. The van der Waals surface area contributed by atoms with Gasteiger partial charge in [-0.3, -0.25) is 10.1 Å². The number of non-ortho nitro benzene ring substituents is 1. The highest BCUT2D eigenvalue weighted by Crippen LogP contribution is 2.38. The van der Waals surface area contributed by atoms with Gasteiger partial charge in [0.2, 0.25) is 0 Å². The van der Waals surface area contributed by atoms with Gasteiger partial charge in [0.15, 0.2) is 0 Å². The van der Waals surface area contributed by atoms with Crippen molar-refractivity contribution in [3.63, 3.8) is 0 Å². The van der Waals surface area contributed by atoms with Gasteiger partial charge >= 0.3 is 0 Å². The van der Waals surface area contributed by atoms with Crippen LogP contribution in [0, 0.1) is 10.1 Å². The van der Waals surface area contributed by atoms with Crippen molar-refractivity contribution in [2.75, 3.05) is 55.4 Å². The number of unbranched alkanes of at least 4 members (excludes halogenated alkanes) is 26. The van der Waals surface area contributed by atoms with Gasteiger partial charge in [-0.2, -0.15) is 10.2 Å². The summed E-state index contributed by atoms with van der Waals surface area (Å²) in [6.45, 7) is 7.25. The van der Waals surface area contributed by atoms with Crippen molar-refractivity contribution in [1.29, 1.82) is 0 Å². The smallest absolute Gasteiger partial charge is 0.269 e. The van der Waals surface area contributed by atoms with E-state index < -0.39 is 4.92 Å². The Morgan fingerprint density at radius 3 is 1.14 bits per heavy atom. The number of nitro benzene ring substituents is 1. The van der Waals surface area contributed by atoms with E-state index in [1.807, 2.05) is 0 Å². The molecule has 0 radical (unpaired) electrons. The summed E-state index contributed by atoms with van der Waals surface area (Å²) < 4.78 is 2.25. The molecule has 65 heavy (non-hydrogen) atoms.